The molecular formula is C67H58F3N3O3S2. The molecule has 0 bridgehead atoms. The summed E-state index contributed by atoms with van der Waals surface area (Å²) in [6, 6.07) is 72.8. The minimum atomic E-state index is -6.20. The summed E-state index contributed by atoms with van der Waals surface area (Å²) in [6.07, 6.45) is 8.94. The van der Waals surface area contributed by atoms with Crippen LogP contribution in [0.25, 0.3) is 49.7 Å². The summed E-state index contributed by atoms with van der Waals surface area (Å²) in [5.41, 5.74) is 5.90. The zero-order valence-electron chi connectivity index (χ0n) is 43.7. The Balaban J connectivity index is 0.000000505. The molecule has 1 aliphatic carbocycles. The minimum absolute atomic E-state index is 0.0536. The van der Waals surface area contributed by atoms with E-state index < -0.39 is 21.4 Å². The fraction of sp³-hybridized carbons (Fsp3) is 0.104. The highest BCUT2D eigenvalue weighted by Crippen LogP contribution is 2.51. The monoisotopic (exact) mass is 1070 g/mol. The molecule has 11 rings (SSSR count). The third-order valence-corrected chi connectivity index (χ3v) is 15.0. The second kappa shape index (κ2) is 24.2. The summed E-state index contributed by atoms with van der Waals surface area (Å²) >= 11 is 1.85. The smallest absolute Gasteiger partial charge is 0.371 e. The average molecular weight is 1070 g/mol. The highest BCUT2D eigenvalue weighted by Gasteiger charge is 2.49. The number of nitrogens with zero attached hydrogens (tertiary/aromatic N) is 3. The van der Waals surface area contributed by atoms with Crippen LogP contribution in [0.2, 0.25) is 0 Å². The van der Waals surface area contributed by atoms with Gasteiger partial charge in [0, 0.05) is 39.2 Å². The number of rotatable bonds is 13. The Labute approximate surface area is 459 Å². The molecule has 0 radical (unpaired) electrons. The largest absolute Gasteiger partial charge is 0.534 e. The summed E-state index contributed by atoms with van der Waals surface area (Å²) in [6.45, 7) is 10.0. The first-order valence-electron chi connectivity index (χ1n) is 25.7. The third-order valence-electron chi connectivity index (χ3n) is 13.1. The van der Waals surface area contributed by atoms with E-state index in [2.05, 4.69) is 91.1 Å². The maximum absolute atomic E-state index is 14.5. The molecule has 0 atom stereocenters. The van der Waals surface area contributed by atoms with Crippen LogP contribution in [-0.4, -0.2) is 24.7 Å². The molecule has 1 heterocycles. The van der Waals surface area contributed by atoms with E-state index in [1.54, 1.807) is 76.5 Å². The van der Waals surface area contributed by atoms with Crippen molar-refractivity contribution < 1.29 is 25.8 Å². The molecule has 0 saturated carbocycles. The van der Waals surface area contributed by atoms with Crippen molar-refractivity contribution in [1.82, 2.24) is 4.57 Å². The zero-order chi connectivity index (χ0) is 54.8. The molecule has 0 aliphatic heterocycles. The Morgan fingerprint density at radius 1 is 0.551 bits per heavy atom. The number of aromatic nitrogens is 1. The molecule has 11 heteroatoms. The summed E-state index contributed by atoms with van der Waals surface area (Å²) in [4.78, 5) is 4.90. The van der Waals surface area contributed by atoms with E-state index >= 15 is 0 Å². The van der Waals surface area contributed by atoms with E-state index in [-0.39, 0.29) is 11.4 Å². The lowest BCUT2D eigenvalue weighted by Gasteiger charge is -2.32. The lowest BCUT2D eigenvalue weighted by atomic mass is 9.98. The number of para-hydroxylation sites is 5. The SMILES string of the molecule is C=C(C)C1=C(SC)CCC=C1.CC.O=S(=O)(Oc1c(N(c2ccccc2)c2ccccc2)cccc1N(c1ccccc1)c1ccc2c3ccccc3n(-c3cc(-c4ccccc4)cc(-c4ccccc4)c3)c2c1)C(F)(F)F. The number of hydrogen-bond donors (Lipinski definition) is 0. The Morgan fingerprint density at radius 2 is 1.01 bits per heavy atom. The summed E-state index contributed by atoms with van der Waals surface area (Å²) in [5, 5.41) is 1.93. The Hall–Kier alpha value is -8.51. The Morgan fingerprint density at radius 3 is 1.49 bits per heavy atom. The number of benzene rings is 9. The molecule has 0 unspecified atom stereocenters. The quantitative estimate of drug-likeness (QED) is 0.0847. The topological polar surface area (TPSA) is 54.8 Å². The van der Waals surface area contributed by atoms with E-state index in [4.69, 9.17) is 4.18 Å². The number of alkyl halides is 3. The maximum Gasteiger partial charge on any atom is 0.534 e. The van der Waals surface area contributed by atoms with Crippen molar-refractivity contribution >= 4 is 77.8 Å². The van der Waals surface area contributed by atoms with E-state index in [1.807, 2.05) is 135 Å². The van der Waals surface area contributed by atoms with Crippen LogP contribution in [0, 0.1) is 0 Å². The van der Waals surface area contributed by atoms with Crippen molar-refractivity contribution in [2.75, 3.05) is 16.1 Å². The molecule has 10 aromatic rings. The molecule has 0 saturated heterocycles. The van der Waals surface area contributed by atoms with Crippen molar-refractivity contribution in [1.29, 1.82) is 0 Å². The predicted octanol–water partition coefficient (Wildman–Crippen LogP) is 19.8. The van der Waals surface area contributed by atoms with Crippen LogP contribution in [-0.2, 0) is 10.1 Å². The molecule has 1 aliphatic rings. The maximum atomic E-state index is 14.5. The number of hydrogen-bond acceptors (Lipinski definition) is 6. The predicted molar refractivity (Wildman–Crippen MR) is 322 cm³/mol. The summed E-state index contributed by atoms with van der Waals surface area (Å²) in [7, 11) is -6.20. The number of thioether (sulfide) groups is 1. The lowest BCUT2D eigenvalue weighted by molar-refractivity contribution is -0.0499. The molecule has 0 amide bonds. The standard InChI is InChI=1S/C55H38F3N3O3S.C10H14S.C2H6/c56-55(57,58)65(62,63)64-54-51(59(43-23-10-3-11-24-43)44-25-12-4-13-26-44)31-18-32-52(54)60(45-27-14-5-15-28-45)46-33-34-49-48-29-16-17-30-50(48)61(53(49)38-46)47-36-41(39-19-6-1-7-20-39)35-42(37-47)40-21-8-2-9-22-40;1-8(2)9-6-4-5-7-10(9)11-3;1-2/h1-38H;4,6H,1,5,7H2,2-3H3;1-2H3. The van der Waals surface area contributed by atoms with Crippen molar-refractivity contribution in [2.24, 2.45) is 0 Å². The first kappa shape index (κ1) is 54.3. The van der Waals surface area contributed by atoms with E-state index in [1.165, 1.54) is 28.9 Å². The van der Waals surface area contributed by atoms with Gasteiger partial charge in [-0.2, -0.15) is 21.6 Å². The number of allylic oxidation sites excluding steroid dienone is 5. The van der Waals surface area contributed by atoms with Gasteiger partial charge in [-0.15, -0.1) is 11.8 Å². The Bertz CT molecular complexity index is 3770. The van der Waals surface area contributed by atoms with Crippen LogP contribution in [0.1, 0.15) is 33.6 Å². The summed E-state index contributed by atoms with van der Waals surface area (Å²) in [5.74, 6) is -0.523. The van der Waals surface area contributed by atoms with Gasteiger partial charge in [-0.05, 0) is 144 Å². The van der Waals surface area contributed by atoms with Gasteiger partial charge in [-0.1, -0.05) is 184 Å². The Kier molecular flexibility index (Phi) is 16.9. The highest BCUT2D eigenvalue weighted by molar-refractivity contribution is 8.02. The van der Waals surface area contributed by atoms with E-state index in [0.717, 1.165) is 49.7 Å². The van der Waals surface area contributed by atoms with Gasteiger partial charge in [0.05, 0.1) is 22.4 Å². The molecule has 6 nitrogen and oxygen atoms in total. The van der Waals surface area contributed by atoms with Crippen molar-refractivity contribution in [3.8, 4) is 33.7 Å². The first-order valence-corrected chi connectivity index (χ1v) is 28.3. The zero-order valence-corrected chi connectivity index (χ0v) is 45.4. The normalized spacial score (nSPS) is 12.3. The molecule has 0 spiro atoms. The van der Waals surface area contributed by atoms with Gasteiger partial charge in [0.15, 0.2) is 5.75 Å². The minimum Gasteiger partial charge on any atom is -0.371 e. The first-order chi connectivity index (χ1) is 37.9. The molecule has 1 aromatic heterocycles. The highest BCUT2D eigenvalue weighted by atomic mass is 32.2. The molecule has 9 aromatic carbocycles. The van der Waals surface area contributed by atoms with Crippen LogP contribution in [0.3, 0.4) is 0 Å². The van der Waals surface area contributed by atoms with Gasteiger partial charge in [0.1, 0.15) is 0 Å². The average Bonchev–Trinajstić information content (AvgIpc) is 4.06. The van der Waals surface area contributed by atoms with Gasteiger partial charge >= 0.3 is 15.6 Å². The fourth-order valence-corrected chi connectivity index (χ4v) is 10.9. The van der Waals surface area contributed by atoms with E-state index in [0.29, 0.717) is 22.7 Å². The molecule has 392 valence electrons. The number of halogens is 3. The number of anilines is 6. The van der Waals surface area contributed by atoms with Crippen LogP contribution in [0.15, 0.2) is 265 Å². The van der Waals surface area contributed by atoms with Crippen LogP contribution in [0.4, 0.5) is 47.3 Å². The second-order valence-corrected chi connectivity index (χ2v) is 20.5. The second-order valence-electron chi connectivity index (χ2n) is 18.1. The number of fused-ring (bicyclic) bond motifs is 3. The van der Waals surface area contributed by atoms with Crippen molar-refractivity contribution in [3.63, 3.8) is 0 Å². The van der Waals surface area contributed by atoms with Gasteiger partial charge in [0.2, 0.25) is 0 Å². The van der Waals surface area contributed by atoms with Gasteiger partial charge < -0.3 is 18.6 Å². The van der Waals surface area contributed by atoms with Crippen molar-refractivity contribution in [2.45, 2.75) is 39.1 Å². The van der Waals surface area contributed by atoms with Gasteiger partial charge in [-0.3, -0.25) is 0 Å². The lowest BCUT2D eigenvalue weighted by Crippen LogP contribution is -2.29. The summed E-state index contributed by atoms with van der Waals surface area (Å²) < 4.78 is 77.6. The van der Waals surface area contributed by atoms with Crippen LogP contribution < -0.4 is 14.0 Å². The van der Waals surface area contributed by atoms with Crippen molar-refractivity contribution in [3.05, 3.63) is 265 Å². The van der Waals surface area contributed by atoms with Gasteiger partial charge in [0.25, 0.3) is 0 Å². The molecule has 0 fully saturated rings. The molecule has 0 N–H and O–H groups in total. The molecular weight excluding hydrogens is 1020 g/mol. The third kappa shape index (κ3) is 11.6. The molecule has 78 heavy (non-hydrogen) atoms. The van der Waals surface area contributed by atoms with Crippen LogP contribution in [0.5, 0.6) is 5.75 Å². The van der Waals surface area contributed by atoms with Crippen LogP contribution >= 0.6 is 11.8 Å². The van der Waals surface area contributed by atoms with E-state index in [9.17, 15) is 21.6 Å². The van der Waals surface area contributed by atoms with Gasteiger partial charge in [-0.25, -0.2) is 0 Å². The fourth-order valence-electron chi connectivity index (χ4n) is 9.64.